The standard InChI is InChI=1S/C21H23FN4O3S/c22-17-10-15(20(27)25-23)1-2-16(17)11-24-21(28)26-6-8-30-19(12-26)14-3-4-18-13(9-14)5-7-29-18/h1-4,9-10,19H,5-8,11-12,23H2,(H,24,28)(H,25,27). The van der Waals surface area contributed by atoms with Crippen molar-refractivity contribution in [1.82, 2.24) is 15.6 Å². The first-order chi connectivity index (χ1) is 14.5. The molecule has 0 saturated carbocycles. The molecule has 4 rings (SSSR count). The molecular formula is C21H23FN4O3S. The number of nitrogens with two attached hydrogens (primary N) is 1. The quantitative estimate of drug-likeness (QED) is 0.393. The summed E-state index contributed by atoms with van der Waals surface area (Å²) in [5.41, 5.74) is 4.81. The van der Waals surface area contributed by atoms with Gasteiger partial charge in [0.1, 0.15) is 11.6 Å². The molecule has 0 aliphatic carbocycles. The van der Waals surface area contributed by atoms with Crippen molar-refractivity contribution < 1.29 is 18.7 Å². The van der Waals surface area contributed by atoms with Gasteiger partial charge in [0.25, 0.3) is 5.91 Å². The van der Waals surface area contributed by atoms with E-state index in [0.717, 1.165) is 30.6 Å². The van der Waals surface area contributed by atoms with Crippen LogP contribution in [0.4, 0.5) is 9.18 Å². The van der Waals surface area contributed by atoms with Gasteiger partial charge >= 0.3 is 6.03 Å². The molecule has 4 N–H and O–H groups in total. The molecule has 0 bridgehead atoms. The van der Waals surface area contributed by atoms with Crippen molar-refractivity contribution in [3.05, 3.63) is 64.5 Å². The van der Waals surface area contributed by atoms with Crippen LogP contribution in [0.5, 0.6) is 5.75 Å². The van der Waals surface area contributed by atoms with Gasteiger partial charge in [0.05, 0.1) is 6.61 Å². The highest BCUT2D eigenvalue weighted by atomic mass is 32.2. The van der Waals surface area contributed by atoms with Gasteiger partial charge in [-0.3, -0.25) is 10.2 Å². The van der Waals surface area contributed by atoms with Crippen LogP contribution >= 0.6 is 11.8 Å². The summed E-state index contributed by atoms with van der Waals surface area (Å²) in [5, 5.41) is 2.97. The van der Waals surface area contributed by atoms with Crippen molar-refractivity contribution in [2.24, 2.45) is 5.84 Å². The summed E-state index contributed by atoms with van der Waals surface area (Å²) in [6.45, 7) is 1.99. The van der Waals surface area contributed by atoms with E-state index in [1.54, 1.807) is 4.90 Å². The zero-order valence-corrected chi connectivity index (χ0v) is 17.1. The fraction of sp³-hybridized carbons (Fsp3) is 0.333. The molecule has 1 unspecified atom stereocenters. The topological polar surface area (TPSA) is 96.7 Å². The van der Waals surface area contributed by atoms with Crippen molar-refractivity contribution in [2.75, 3.05) is 25.4 Å². The van der Waals surface area contributed by atoms with E-state index in [0.29, 0.717) is 18.7 Å². The lowest BCUT2D eigenvalue weighted by atomic mass is 10.1. The predicted molar refractivity (Wildman–Crippen MR) is 113 cm³/mol. The first kappa shape index (κ1) is 20.5. The third kappa shape index (κ3) is 4.36. The highest BCUT2D eigenvalue weighted by Crippen LogP contribution is 2.36. The van der Waals surface area contributed by atoms with Gasteiger partial charge in [-0.05, 0) is 29.3 Å². The minimum Gasteiger partial charge on any atom is -0.493 e. The normalized spacial score (nSPS) is 17.8. The number of nitrogen functional groups attached to an aromatic ring is 1. The van der Waals surface area contributed by atoms with Gasteiger partial charge in [-0.25, -0.2) is 15.0 Å². The lowest BCUT2D eigenvalue weighted by molar-refractivity contribution is 0.0953. The molecule has 2 aromatic carbocycles. The number of carbonyl (C=O) groups excluding carboxylic acids is 2. The van der Waals surface area contributed by atoms with Crippen molar-refractivity contribution >= 4 is 23.7 Å². The summed E-state index contributed by atoms with van der Waals surface area (Å²) >= 11 is 1.84. The molecule has 0 spiro atoms. The van der Waals surface area contributed by atoms with Crippen molar-refractivity contribution in [1.29, 1.82) is 0 Å². The second-order valence-corrected chi connectivity index (χ2v) is 8.52. The molecule has 158 valence electrons. The lowest BCUT2D eigenvalue weighted by Crippen LogP contribution is -2.44. The van der Waals surface area contributed by atoms with Crippen LogP contribution < -0.4 is 21.3 Å². The molecule has 1 fully saturated rings. The Morgan fingerprint density at radius 1 is 1.27 bits per heavy atom. The van der Waals surface area contributed by atoms with Gasteiger partial charge in [-0.1, -0.05) is 18.2 Å². The number of nitrogens with zero attached hydrogens (tertiary/aromatic N) is 1. The number of hydrazine groups is 1. The van der Waals surface area contributed by atoms with Gasteiger partial charge in [0, 0.05) is 48.2 Å². The average Bonchev–Trinajstić information content (AvgIpc) is 3.25. The Labute approximate surface area is 178 Å². The number of hydrogen-bond acceptors (Lipinski definition) is 5. The Hall–Kier alpha value is -2.78. The molecular weight excluding hydrogens is 407 g/mol. The third-order valence-corrected chi connectivity index (χ3v) is 6.56. The van der Waals surface area contributed by atoms with Gasteiger partial charge in [-0.2, -0.15) is 11.8 Å². The Bertz CT molecular complexity index is 971. The van der Waals surface area contributed by atoms with Crippen LogP contribution in [0.15, 0.2) is 36.4 Å². The van der Waals surface area contributed by atoms with Crippen molar-refractivity contribution in [3.8, 4) is 5.75 Å². The SMILES string of the molecule is NNC(=O)c1ccc(CNC(=O)N2CCSC(c3ccc4c(c3)CCO4)C2)c(F)c1. The average molecular weight is 431 g/mol. The summed E-state index contributed by atoms with van der Waals surface area (Å²) in [5.74, 6) is 5.71. The number of ether oxygens (including phenoxy) is 1. The molecule has 2 heterocycles. The highest BCUT2D eigenvalue weighted by molar-refractivity contribution is 7.99. The van der Waals surface area contributed by atoms with Gasteiger partial charge in [0.2, 0.25) is 0 Å². The number of carbonyl (C=O) groups is 2. The van der Waals surface area contributed by atoms with E-state index in [9.17, 15) is 14.0 Å². The Morgan fingerprint density at radius 2 is 2.13 bits per heavy atom. The van der Waals surface area contributed by atoms with E-state index in [1.807, 2.05) is 23.3 Å². The Balaban J connectivity index is 1.36. The Morgan fingerprint density at radius 3 is 2.93 bits per heavy atom. The number of halogens is 1. The number of hydrogen-bond donors (Lipinski definition) is 3. The fourth-order valence-corrected chi connectivity index (χ4v) is 4.87. The summed E-state index contributed by atoms with van der Waals surface area (Å²) < 4.78 is 19.8. The predicted octanol–water partition coefficient (Wildman–Crippen LogP) is 2.36. The molecule has 9 heteroatoms. The summed E-state index contributed by atoms with van der Waals surface area (Å²) in [6.07, 6.45) is 0.919. The smallest absolute Gasteiger partial charge is 0.317 e. The second-order valence-electron chi connectivity index (χ2n) is 7.21. The molecule has 3 amide bonds. The molecule has 7 nitrogen and oxygen atoms in total. The first-order valence-corrected chi connectivity index (χ1v) is 10.8. The van der Waals surface area contributed by atoms with Crippen LogP contribution in [-0.4, -0.2) is 42.3 Å². The van der Waals surface area contributed by atoms with Crippen LogP contribution in [0, 0.1) is 5.82 Å². The minimum atomic E-state index is -0.570. The van der Waals surface area contributed by atoms with Crippen LogP contribution in [0.25, 0.3) is 0 Å². The monoisotopic (exact) mass is 430 g/mol. The molecule has 2 aromatic rings. The van der Waals surface area contributed by atoms with Crippen LogP contribution in [-0.2, 0) is 13.0 Å². The van der Waals surface area contributed by atoms with E-state index in [2.05, 4.69) is 17.4 Å². The van der Waals surface area contributed by atoms with E-state index >= 15 is 0 Å². The summed E-state index contributed by atoms with van der Waals surface area (Å²) in [4.78, 5) is 25.9. The first-order valence-electron chi connectivity index (χ1n) is 9.74. The van der Waals surface area contributed by atoms with E-state index in [-0.39, 0.29) is 23.4 Å². The maximum absolute atomic E-state index is 14.2. The Kier molecular flexibility index (Phi) is 6.10. The number of rotatable bonds is 4. The van der Waals surface area contributed by atoms with Crippen LogP contribution in [0.3, 0.4) is 0 Å². The van der Waals surface area contributed by atoms with E-state index < -0.39 is 11.7 Å². The van der Waals surface area contributed by atoms with Gasteiger partial charge in [0.15, 0.2) is 0 Å². The van der Waals surface area contributed by atoms with Gasteiger partial charge in [-0.15, -0.1) is 0 Å². The molecule has 2 aliphatic heterocycles. The lowest BCUT2D eigenvalue weighted by Gasteiger charge is -2.32. The number of thioether (sulfide) groups is 1. The second kappa shape index (κ2) is 8.93. The van der Waals surface area contributed by atoms with Crippen molar-refractivity contribution in [2.45, 2.75) is 18.2 Å². The number of benzene rings is 2. The van der Waals surface area contributed by atoms with Crippen LogP contribution in [0.2, 0.25) is 0 Å². The third-order valence-electron chi connectivity index (χ3n) is 5.32. The zero-order chi connectivity index (χ0) is 21.1. The van der Waals surface area contributed by atoms with E-state index in [1.165, 1.54) is 23.3 Å². The maximum Gasteiger partial charge on any atom is 0.317 e. The largest absolute Gasteiger partial charge is 0.493 e. The molecule has 30 heavy (non-hydrogen) atoms. The molecule has 0 radical (unpaired) electrons. The molecule has 1 atom stereocenters. The number of urea groups is 1. The van der Waals surface area contributed by atoms with Gasteiger partial charge < -0.3 is 15.0 Å². The number of amides is 3. The molecule has 2 aliphatic rings. The summed E-state index contributed by atoms with van der Waals surface area (Å²) in [6, 6.07) is 10.1. The number of fused-ring (bicyclic) bond motifs is 1. The van der Waals surface area contributed by atoms with Crippen LogP contribution in [0.1, 0.15) is 32.3 Å². The zero-order valence-electron chi connectivity index (χ0n) is 16.3. The summed E-state index contributed by atoms with van der Waals surface area (Å²) in [7, 11) is 0. The fourth-order valence-electron chi connectivity index (χ4n) is 3.64. The number of nitrogens with one attached hydrogen (secondary N) is 2. The van der Waals surface area contributed by atoms with Crippen molar-refractivity contribution in [3.63, 3.8) is 0 Å². The molecule has 1 saturated heterocycles. The highest BCUT2D eigenvalue weighted by Gasteiger charge is 2.26. The maximum atomic E-state index is 14.2. The minimum absolute atomic E-state index is 0.0414. The van der Waals surface area contributed by atoms with E-state index in [4.69, 9.17) is 10.6 Å². The molecule has 0 aromatic heterocycles.